The first-order valence-electron chi connectivity index (χ1n) is 2.35. The number of rotatable bonds is 1. The van der Waals surface area contributed by atoms with E-state index in [2.05, 4.69) is 25.9 Å². The average molecular weight is 191 g/mol. The maximum absolute atomic E-state index is 12.1. The highest BCUT2D eigenvalue weighted by Gasteiger charge is 1.91. The van der Waals surface area contributed by atoms with Crippen molar-refractivity contribution in [1.29, 1.82) is 0 Å². The molecule has 0 aliphatic heterocycles. The number of alkyl halides is 1. The van der Waals surface area contributed by atoms with E-state index in [4.69, 9.17) is 0 Å². The highest BCUT2D eigenvalue weighted by molar-refractivity contribution is 9.08. The third-order valence-electron chi connectivity index (χ3n) is 0.793. The third-order valence-corrected chi connectivity index (χ3v) is 1.29. The van der Waals surface area contributed by atoms with Gasteiger partial charge in [-0.2, -0.15) is 0 Å². The van der Waals surface area contributed by atoms with Gasteiger partial charge < -0.3 is 0 Å². The van der Waals surface area contributed by atoms with E-state index in [0.29, 0.717) is 11.2 Å². The average Bonchev–Trinajstić information content (AvgIpc) is 1.90. The molecule has 0 unspecified atom stereocenters. The Balaban J connectivity index is 2.88. The minimum atomic E-state index is -0.403. The first kappa shape index (κ1) is 6.61. The first-order valence-corrected chi connectivity index (χ1v) is 3.47. The van der Waals surface area contributed by atoms with Gasteiger partial charge in [-0.05, 0) is 0 Å². The molecule has 9 heavy (non-hydrogen) atoms. The van der Waals surface area contributed by atoms with Crippen LogP contribution in [0, 0.1) is 5.82 Å². The van der Waals surface area contributed by atoms with Gasteiger partial charge in [0.2, 0.25) is 0 Å². The van der Waals surface area contributed by atoms with Crippen molar-refractivity contribution in [3.8, 4) is 0 Å². The van der Waals surface area contributed by atoms with E-state index in [1.165, 1.54) is 0 Å². The van der Waals surface area contributed by atoms with E-state index in [0.717, 1.165) is 12.4 Å². The van der Waals surface area contributed by atoms with Crippen LogP contribution in [0.2, 0.25) is 0 Å². The summed E-state index contributed by atoms with van der Waals surface area (Å²) in [7, 11) is 0. The summed E-state index contributed by atoms with van der Waals surface area (Å²) in [6.07, 6.45) is 2.28. The number of nitrogens with zero attached hydrogens (tertiary/aromatic N) is 2. The highest BCUT2D eigenvalue weighted by atomic mass is 79.9. The van der Waals surface area contributed by atoms with Crippen LogP contribution in [0.1, 0.15) is 5.82 Å². The predicted octanol–water partition coefficient (Wildman–Crippen LogP) is 1.51. The Hall–Kier alpha value is -0.510. The second kappa shape index (κ2) is 2.87. The minimum absolute atomic E-state index is 0.403. The van der Waals surface area contributed by atoms with Crippen molar-refractivity contribution in [3.63, 3.8) is 0 Å². The third kappa shape index (κ3) is 1.71. The Morgan fingerprint density at radius 2 is 2.00 bits per heavy atom. The summed E-state index contributed by atoms with van der Waals surface area (Å²) in [6, 6.07) is 0. The number of aromatic nitrogens is 2. The van der Waals surface area contributed by atoms with Gasteiger partial charge in [0.1, 0.15) is 5.82 Å². The topological polar surface area (TPSA) is 25.8 Å². The normalized spacial score (nSPS) is 9.56. The van der Waals surface area contributed by atoms with Crippen molar-refractivity contribution in [3.05, 3.63) is 24.0 Å². The van der Waals surface area contributed by atoms with E-state index < -0.39 is 5.82 Å². The lowest BCUT2D eigenvalue weighted by Gasteiger charge is -1.89. The van der Waals surface area contributed by atoms with Crippen molar-refractivity contribution in [2.45, 2.75) is 5.33 Å². The molecule has 0 aromatic carbocycles. The largest absolute Gasteiger partial charge is 0.237 e. The summed E-state index contributed by atoms with van der Waals surface area (Å²) in [5.74, 6) is 0.191. The zero-order chi connectivity index (χ0) is 6.69. The van der Waals surface area contributed by atoms with Gasteiger partial charge in [0.15, 0.2) is 5.82 Å². The molecule has 0 atom stereocenters. The smallest absolute Gasteiger partial charge is 0.159 e. The molecule has 2 nitrogen and oxygen atoms in total. The van der Waals surface area contributed by atoms with Crippen LogP contribution in [0.4, 0.5) is 4.39 Å². The van der Waals surface area contributed by atoms with Crippen LogP contribution in [0.5, 0.6) is 0 Å². The quantitative estimate of drug-likeness (QED) is 0.628. The molecular formula is C5H4BrFN2. The Kier molecular flexibility index (Phi) is 2.10. The zero-order valence-corrected chi connectivity index (χ0v) is 6.10. The lowest BCUT2D eigenvalue weighted by atomic mass is 10.6. The first-order chi connectivity index (χ1) is 4.33. The summed E-state index contributed by atoms with van der Waals surface area (Å²) >= 11 is 3.13. The van der Waals surface area contributed by atoms with Crippen molar-refractivity contribution < 1.29 is 4.39 Å². The molecule has 0 aliphatic rings. The van der Waals surface area contributed by atoms with Crippen molar-refractivity contribution in [1.82, 2.24) is 9.97 Å². The van der Waals surface area contributed by atoms with Crippen molar-refractivity contribution in [2.75, 3.05) is 0 Å². The lowest BCUT2D eigenvalue weighted by molar-refractivity contribution is 0.610. The van der Waals surface area contributed by atoms with E-state index in [1.54, 1.807) is 0 Å². The summed E-state index contributed by atoms with van der Waals surface area (Å²) < 4.78 is 12.1. The summed E-state index contributed by atoms with van der Waals surface area (Å²) in [6.45, 7) is 0. The maximum atomic E-state index is 12.1. The Bertz CT molecular complexity index is 187. The molecule has 0 fully saturated rings. The van der Waals surface area contributed by atoms with E-state index >= 15 is 0 Å². The van der Waals surface area contributed by atoms with E-state index in [9.17, 15) is 4.39 Å². The highest BCUT2D eigenvalue weighted by Crippen LogP contribution is 1.97. The maximum Gasteiger partial charge on any atom is 0.159 e. The van der Waals surface area contributed by atoms with Gasteiger partial charge >= 0.3 is 0 Å². The van der Waals surface area contributed by atoms with Crippen LogP contribution in [0.3, 0.4) is 0 Å². The molecule has 4 heteroatoms. The van der Waals surface area contributed by atoms with Crippen LogP contribution in [0.15, 0.2) is 12.4 Å². The number of halogens is 2. The number of hydrogen-bond donors (Lipinski definition) is 0. The molecule has 1 aromatic rings. The summed E-state index contributed by atoms with van der Waals surface area (Å²) in [4.78, 5) is 7.33. The van der Waals surface area contributed by atoms with Crippen molar-refractivity contribution >= 4 is 15.9 Å². The molecular weight excluding hydrogens is 187 g/mol. The van der Waals surface area contributed by atoms with Gasteiger partial charge in [-0.25, -0.2) is 14.4 Å². The lowest BCUT2D eigenvalue weighted by Crippen LogP contribution is -1.89. The standard InChI is InChI=1S/C5H4BrFN2/c6-1-5-8-2-4(7)3-9-5/h2-3H,1H2. The molecule has 0 aliphatic carbocycles. The second-order valence-corrected chi connectivity index (χ2v) is 2.01. The van der Waals surface area contributed by atoms with E-state index in [-0.39, 0.29) is 0 Å². The molecule has 0 saturated heterocycles. The fourth-order valence-corrected chi connectivity index (χ4v) is 0.698. The molecule has 0 amide bonds. The number of hydrogen-bond acceptors (Lipinski definition) is 2. The SMILES string of the molecule is Fc1cnc(CBr)nc1. The van der Waals surface area contributed by atoms with Crippen molar-refractivity contribution in [2.24, 2.45) is 0 Å². The monoisotopic (exact) mass is 190 g/mol. The summed E-state index contributed by atoms with van der Waals surface area (Å²) in [5, 5.41) is 0.563. The molecule has 0 bridgehead atoms. The van der Waals surface area contributed by atoms with Gasteiger partial charge in [-0.3, -0.25) is 0 Å². The zero-order valence-electron chi connectivity index (χ0n) is 4.51. The van der Waals surface area contributed by atoms with Gasteiger partial charge in [0.25, 0.3) is 0 Å². The molecule has 0 spiro atoms. The van der Waals surface area contributed by atoms with Gasteiger partial charge in [-0.15, -0.1) is 0 Å². The molecule has 0 saturated carbocycles. The summed E-state index contributed by atoms with van der Waals surface area (Å²) in [5.41, 5.74) is 0. The Morgan fingerprint density at radius 1 is 1.44 bits per heavy atom. The van der Waals surface area contributed by atoms with Gasteiger partial charge in [0, 0.05) is 0 Å². The molecule has 48 valence electrons. The van der Waals surface area contributed by atoms with Gasteiger partial charge in [-0.1, -0.05) is 15.9 Å². The fourth-order valence-electron chi connectivity index (χ4n) is 0.408. The minimum Gasteiger partial charge on any atom is -0.237 e. The van der Waals surface area contributed by atoms with Crippen LogP contribution in [-0.2, 0) is 5.33 Å². The molecule has 1 aromatic heterocycles. The Labute approximate surface area is 60.3 Å². The molecule has 0 radical (unpaired) electrons. The van der Waals surface area contributed by atoms with E-state index in [1.807, 2.05) is 0 Å². The van der Waals surface area contributed by atoms with Gasteiger partial charge in [0.05, 0.1) is 17.7 Å². The fraction of sp³-hybridized carbons (Fsp3) is 0.200. The van der Waals surface area contributed by atoms with Crippen LogP contribution in [0.25, 0.3) is 0 Å². The van der Waals surface area contributed by atoms with Crippen LogP contribution < -0.4 is 0 Å². The van der Waals surface area contributed by atoms with Crippen LogP contribution in [-0.4, -0.2) is 9.97 Å². The molecule has 0 N–H and O–H groups in total. The molecule has 1 rings (SSSR count). The van der Waals surface area contributed by atoms with Crippen LogP contribution >= 0.6 is 15.9 Å². The molecule has 1 heterocycles. The second-order valence-electron chi connectivity index (χ2n) is 1.45. The predicted molar refractivity (Wildman–Crippen MR) is 34.6 cm³/mol. The Morgan fingerprint density at radius 3 is 2.44 bits per heavy atom.